The minimum Gasteiger partial charge on any atom is -0.493 e. The van der Waals surface area contributed by atoms with E-state index in [1.54, 1.807) is 0 Å². The number of hydrogen-bond donors (Lipinski definition) is 1. The Kier molecular flexibility index (Phi) is 1.94. The average Bonchev–Trinajstić information content (AvgIpc) is 3.07. The van der Waals surface area contributed by atoms with E-state index in [1.807, 2.05) is 0 Å². The average molecular weight is 398 g/mol. The molecule has 1 aromatic carbocycles. The summed E-state index contributed by atoms with van der Waals surface area (Å²) in [6.07, 6.45) is -0.838. The molecule has 2 aromatic heterocycles. The lowest BCUT2D eigenvalue weighted by molar-refractivity contribution is 0.0714. The highest BCUT2D eigenvalue weighted by Crippen LogP contribution is 2.34. The molecule has 4 rings (SSSR count). The SMILES string of the molecule is [2H]c1oc(C(=O)N2C([2H])([2H])CN(c3nc(N([2H])[2H])c4cc(OC([2H])([2H])[2H])c(OC([2H])([2H])[2H])cc4n3)CC2([2H])[2H])c([2H])c1[2H]. The third kappa shape index (κ3) is 3.15. The number of nitrogens with two attached hydrogens (primary N) is 1. The van der Waals surface area contributed by atoms with Crippen LogP contribution in [0.4, 0.5) is 11.8 Å². The highest BCUT2D eigenvalue weighted by Gasteiger charge is 2.25. The zero-order chi connectivity index (χ0) is 32.4. The molecule has 0 aliphatic carbocycles. The molecule has 1 amide bonds. The molecular weight excluding hydrogens is 362 g/mol. The maximum atomic E-state index is 13.1. The van der Waals surface area contributed by atoms with Crippen LogP contribution >= 0.6 is 0 Å². The maximum absolute atomic E-state index is 13.1. The fourth-order valence-electron chi connectivity index (χ4n) is 2.50. The van der Waals surface area contributed by atoms with Crippen molar-refractivity contribution in [3.63, 3.8) is 0 Å². The number of hydrogen-bond acceptors (Lipinski definition) is 8. The summed E-state index contributed by atoms with van der Waals surface area (Å²) in [6, 6.07) is 0.308. The van der Waals surface area contributed by atoms with E-state index in [0.717, 1.165) is 17.0 Å². The molecule has 1 fully saturated rings. The Morgan fingerprint density at radius 2 is 2.11 bits per heavy atom. The molecular formula is C19H21N5O4. The molecule has 0 atom stereocenters. The molecule has 1 saturated heterocycles. The summed E-state index contributed by atoms with van der Waals surface area (Å²) in [4.78, 5) is 22.4. The van der Waals surface area contributed by atoms with E-state index in [0.29, 0.717) is 0 Å². The van der Waals surface area contributed by atoms with Crippen LogP contribution in [-0.2, 0) is 0 Å². The monoisotopic (exact) mass is 398 g/mol. The van der Waals surface area contributed by atoms with Crippen molar-refractivity contribution < 1.29 is 39.3 Å². The van der Waals surface area contributed by atoms with Crippen molar-refractivity contribution in [1.29, 1.82) is 0 Å². The Morgan fingerprint density at radius 1 is 1.32 bits per heavy atom. The van der Waals surface area contributed by atoms with Gasteiger partial charge in [-0.05, 0) is 18.2 Å². The van der Waals surface area contributed by atoms with Gasteiger partial charge in [-0.25, -0.2) is 4.98 Å². The van der Waals surface area contributed by atoms with Crippen molar-refractivity contribution in [2.24, 2.45) is 0 Å². The van der Waals surface area contributed by atoms with Crippen LogP contribution in [0, 0.1) is 0 Å². The largest absolute Gasteiger partial charge is 0.493 e. The highest BCUT2D eigenvalue weighted by atomic mass is 16.5. The Labute approximate surface area is 182 Å². The van der Waals surface area contributed by atoms with Gasteiger partial charge in [0.2, 0.25) is 5.95 Å². The lowest BCUT2D eigenvalue weighted by Gasteiger charge is -2.34. The number of aromatic nitrogens is 2. The zero-order valence-corrected chi connectivity index (χ0v) is 13.9. The number of anilines is 2. The third-order valence-corrected chi connectivity index (χ3v) is 3.85. The van der Waals surface area contributed by atoms with E-state index in [2.05, 4.69) is 9.97 Å². The molecule has 0 bridgehead atoms. The van der Waals surface area contributed by atoms with E-state index in [-0.39, 0.29) is 21.5 Å². The number of carbonyl (C=O) groups excluding carboxylic acids is 1. The molecule has 3 heterocycles. The van der Waals surface area contributed by atoms with E-state index < -0.39 is 93.4 Å². The van der Waals surface area contributed by atoms with Crippen LogP contribution in [0.1, 0.15) is 28.4 Å². The number of piperazine rings is 1. The molecule has 0 radical (unpaired) electrons. The number of amides is 1. The van der Waals surface area contributed by atoms with Gasteiger partial charge in [0.15, 0.2) is 20.1 Å². The Balaban J connectivity index is 1.81. The first-order valence-electron chi connectivity index (χ1n) is 15.1. The Hall–Kier alpha value is -3.49. The quantitative estimate of drug-likeness (QED) is 0.693. The molecule has 1 aliphatic rings. The number of nitrogens with zero attached hydrogens (tertiary/aromatic N) is 4. The van der Waals surface area contributed by atoms with Crippen molar-refractivity contribution in [1.82, 2.24) is 14.9 Å². The molecule has 1 aliphatic heterocycles. The molecule has 9 heteroatoms. The lowest BCUT2D eigenvalue weighted by atomic mass is 10.2. The summed E-state index contributed by atoms with van der Waals surface area (Å²) in [5, 5.41) is -0.177. The van der Waals surface area contributed by atoms with Gasteiger partial charge < -0.3 is 29.4 Å². The van der Waals surface area contributed by atoms with E-state index in [1.165, 1.54) is 0 Å². The smallest absolute Gasteiger partial charge is 0.289 e. The number of ether oxygens (including phenoxy) is 2. The summed E-state index contributed by atoms with van der Waals surface area (Å²) in [7, 11) is -6.13. The van der Waals surface area contributed by atoms with Crippen molar-refractivity contribution in [2.45, 2.75) is 0 Å². The molecule has 0 unspecified atom stereocenters. The maximum Gasteiger partial charge on any atom is 0.289 e. The standard InChI is InChI=1S/C19H21N5O4/c1-26-15-10-12-13(11-16(15)27-2)21-19(22-17(12)20)24-7-5-23(6-8-24)18(25)14-4-3-9-28-14/h3-4,9-11H,5-8H2,1-2H3,(H2,20,21,22)/i1D3,2D3,3D,4D,5D2,6D2,9D/hD2. The van der Waals surface area contributed by atoms with Crippen LogP contribution in [0.3, 0.4) is 0 Å². The van der Waals surface area contributed by atoms with Gasteiger partial charge >= 0.3 is 0 Å². The first-order valence-corrected chi connectivity index (χ1v) is 7.69. The first-order chi connectivity index (χ1) is 19.5. The highest BCUT2D eigenvalue weighted by molar-refractivity contribution is 5.92. The normalized spacial score (nSPS) is 26.5. The predicted molar refractivity (Wildman–Crippen MR) is 104 cm³/mol. The summed E-state index contributed by atoms with van der Waals surface area (Å²) in [5.41, 5.74) is -0.217. The van der Waals surface area contributed by atoms with Crippen LogP contribution in [-0.4, -0.2) is 60.9 Å². The van der Waals surface area contributed by atoms with Crippen LogP contribution in [0.2, 0.25) is 2.82 Å². The van der Waals surface area contributed by atoms with Gasteiger partial charge in [0.05, 0.1) is 42.3 Å². The number of furan rings is 1. The van der Waals surface area contributed by atoms with Crippen LogP contribution in [0.25, 0.3) is 10.9 Å². The third-order valence-electron chi connectivity index (χ3n) is 3.85. The topological polar surface area (TPSA) is 107 Å². The van der Waals surface area contributed by atoms with Crippen molar-refractivity contribution in [3.8, 4) is 11.5 Å². The number of carbonyl (C=O) groups is 1. The van der Waals surface area contributed by atoms with E-state index in [4.69, 9.17) is 34.5 Å². The molecule has 0 saturated carbocycles. The van der Waals surface area contributed by atoms with Gasteiger partial charge in [-0.1, -0.05) is 0 Å². The minimum atomic E-state index is -3.07. The summed E-state index contributed by atoms with van der Waals surface area (Å²) in [6.45, 7) is -7.30. The summed E-state index contributed by atoms with van der Waals surface area (Å²) in [5.74, 6) is -4.51. The lowest BCUT2D eigenvalue weighted by Crippen LogP contribution is -2.49. The van der Waals surface area contributed by atoms with E-state index >= 15 is 0 Å². The predicted octanol–water partition coefficient (Wildman–Crippen LogP) is 1.78. The van der Waals surface area contributed by atoms with Crippen LogP contribution < -0.4 is 20.1 Å². The first kappa shape index (κ1) is 7.50. The summed E-state index contributed by atoms with van der Waals surface area (Å²) < 4.78 is 131. The summed E-state index contributed by atoms with van der Waals surface area (Å²) >= 11 is 0. The molecule has 0 spiro atoms. The Morgan fingerprint density at radius 3 is 2.79 bits per heavy atom. The fraction of sp³-hybridized carbons (Fsp3) is 0.316. The number of benzene rings is 1. The van der Waals surface area contributed by atoms with Crippen molar-refractivity contribution >= 4 is 28.6 Å². The van der Waals surface area contributed by atoms with Gasteiger partial charge in [0, 0.05) is 37.5 Å². The molecule has 9 nitrogen and oxygen atoms in total. The zero-order valence-electron chi connectivity index (χ0n) is 28.9. The van der Waals surface area contributed by atoms with Gasteiger partial charge in [-0.2, -0.15) is 4.98 Å². The number of rotatable bonds is 5. The van der Waals surface area contributed by atoms with Crippen LogP contribution in [0.5, 0.6) is 11.5 Å². The molecule has 28 heavy (non-hydrogen) atoms. The van der Waals surface area contributed by atoms with Crippen molar-refractivity contribution in [2.75, 3.05) is 50.8 Å². The molecule has 2 N–H and O–H groups in total. The second kappa shape index (κ2) is 7.26. The van der Waals surface area contributed by atoms with E-state index in [9.17, 15) is 4.79 Å². The molecule has 3 aromatic rings. The second-order valence-electron chi connectivity index (χ2n) is 5.46. The Bertz CT molecular complexity index is 1550. The second-order valence-corrected chi connectivity index (χ2v) is 5.46. The van der Waals surface area contributed by atoms with Gasteiger partial charge in [-0.15, -0.1) is 0 Å². The van der Waals surface area contributed by atoms with Gasteiger partial charge in [0.1, 0.15) is 7.19 Å². The van der Waals surface area contributed by atoms with Crippen molar-refractivity contribution in [3.05, 3.63) is 36.2 Å². The van der Waals surface area contributed by atoms with Gasteiger partial charge in [-0.3, -0.25) is 4.79 Å². The molecule has 146 valence electrons. The van der Waals surface area contributed by atoms with Gasteiger partial charge in [0.25, 0.3) is 5.91 Å². The number of fused-ring (bicyclic) bond motifs is 1. The number of nitrogen functional groups attached to an aromatic ring is 1. The fourth-order valence-corrected chi connectivity index (χ4v) is 2.50. The number of methoxy groups -OCH3 is 2. The van der Waals surface area contributed by atoms with Crippen LogP contribution in [0.15, 0.2) is 34.9 Å². The minimum absolute atomic E-state index is 0.00352.